The smallest absolute Gasteiger partial charge is 0.411 e. The van der Waals surface area contributed by atoms with Gasteiger partial charge in [-0.3, -0.25) is 4.90 Å². The van der Waals surface area contributed by atoms with Crippen LogP contribution in [0.3, 0.4) is 0 Å². The lowest BCUT2D eigenvalue weighted by Crippen LogP contribution is -2.36. The topological polar surface area (TPSA) is 46.6 Å². The van der Waals surface area contributed by atoms with Crippen LogP contribution in [0.2, 0.25) is 0 Å². The zero-order valence-electron chi connectivity index (χ0n) is 10.8. The van der Waals surface area contributed by atoms with Crippen LogP contribution in [0.15, 0.2) is 24.3 Å². The van der Waals surface area contributed by atoms with Crippen LogP contribution in [-0.4, -0.2) is 22.9 Å². The van der Waals surface area contributed by atoms with Gasteiger partial charge >= 0.3 is 6.09 Å². The first-order valence-electron chi connectivity index (χ1n) is 5.95. The van der Waals surface area contributed by atoms with Crippen molar-refractivity contribution in [3.8, 4) is 0 Å². The maximum absolute atomic E-state index is 12.0. The molecule has 0 saturated carbocycles. The van der Waals surface area contributed by atoms with Crippen LogP contribution < -0.4 is 0 Å². The fourth-order valence-corrected chi connectivity index (χ4v) is 2.06. The van der Waals surface area contributed by atoms with Crippen LogP contribution in [0.25, 0.3) is 0 Å². The van der Waals surface area contributed by atoms with E-state index < -0.39 is 17.7 Å². The third kappa shape index (κ3) is 2.37. The van der Waals surface area contributed by atoms with Crippen LogP contribution in [0, 0.1) is 0 Å². The zero-order valence-corrected chi connectivity index (χ0v) is 10.8. The molecule has 1 unspecified atom stereocenters. The summed E-state index contributed by atoms with van der Waals surface area (Å²) in [6.07, 6.45) is 0.339. The first-order chi connectivity index (χ1) is 8.42. The van der Waals surface area contributed by atoms with Crippen molar-refractivity contribution in [3.63, 3.8) is 0 Å². The van der Waals surface area contributed by atoms with E-state index >= 15 is 0 Å². The molecule has 0 radical (unpaired) electrons. The van der Waals surface area contributed by atoms with Gasteiger partial charge in [-0.2, -0.15) is 0 Å². The van der Waals surface area contributed by atoms with Crippen LogP contribution in [0.4, 0.5) is 4.79 Å². The van der Waals surface area contributed by atoms with Crippen molar-refractivity contribution in [2.45, 2.75) is 39.0 Å². The van der Waals surface area contributed by atoms with Gasteiger partial charge in [0.25, 0.3) is 0 Å². The average molecular weight is 247 g/mol. The van der Waals surface area contributed by atoms with Crippen LogP contribution in [0.5, 0.6) is 0 Å². The summed E-state index contributed by atoms with van der Waals surface area (Å²) in [6, 6.07) is 7.04. The van der Waals surface area contributed by atoms with E-state index in [4.69, 9.17) is 4.74 Å². The Balaban J connectivity index is 2.22. The molecule has 18 heavy (non-hydrogen) atoms. The minimum Gasteiger partial charge on any atom is -0.444 e. The minimum absolute atomic E-state index is 0.425. The van der Waals surface area contributed by atoms with Crippen molar-refractivity contribution in [1.29, 1.82) is 0 Å². The summed E-state index contributed by atoms with van der Waals surface area (Å²) in [4.78, 5) is 24.7. The number of amides is 1. The predicted molar refractivity (Wildman–Crippen MR) is 67.0 cm³/mol. The highest BCUT2D eigenvalue weighted by Gasteiger charge is 2.35. The number of hydrogen-bond donors (Lipinski definition) is 0. The Labute approximate surface area is 107 Å². The molecule has 1 heterocycles. The number of ether oxygens (including phenoxy) is 1. The highest BCUT2D eigenvalue weighted by atomic mass is 16.6. The van der Waals surface area contributed by atoms with Gasteiger partial charge in [-0.25, -0.2) is 4.79 Å². The molecule has 0 bridgehead atoms. The maximum atomic E-state index is 12.0. The number of hydrogen-bond acceptors (Lipinski definition) is 3. The monoisotopic (exact) mass is 247 g/mol. The van der Waals surface area contributed by atoms with E-state index in [-0.39, 0.29) is 0 Å². The molecular formula is C14H17NO3. The zero-order chi connectivity index (χ0) is 13.3. The maximum Gasteiger partial charge on any atom is 0.411 e. The Morgan fingerprint density at radius 3 is 2.67 bits per heavy atom. The van der Waals surface area contributed by atoms with Gasteiger partial charge in [0, 0.05) is 0 Å². The van der Waals surface area contributed by atoms with Crippen molar-refractivity contribution in [3.05, 3.63) is 35.4 Å². The molecule has 0 spiro atoms. The van der Waals surface area contributed by atoms with Crippen LogP contribution in [-0.2, 0) is 16.1 Å². The van der Waals surface area contributed by atoms with Gasteiger partial charge in [0.15, 0.2) is 0 Å². The summed E-state index contributed by atoms with van der Waals surface area (Å²) in [7, 11) is 0. The van der Waals surface area contributed by atoms with E-state index in [1.165, 1.54) is 4.90 Å². The lowest BCUT2D eigenvalue weighted by molar-refractivity contribution is -0.112. The first kappa shape index (κ1) is 12.6. The van der Waals surface area contributed by atoms with E-state index in [9.17, 15) is 9.59 Å². The second-order valence-corrected chi connectivity index (χ2v) is 5.39. The van der Waals surface area contributed by atoms with Crippen molar-refractivity contribution < 1.29 is 14.3 Å². The van der Waals surface area contributed by atoms with Gasteiger partial charge < -0.3 is 9.53 Å². The Morgan fingerprint density at radius 1 is 1.39 bits per heavy atom. The summed E-state index contributed by atoms with van der Waals surface area (Å²) in [5.74, 6) is 0. The predicted octanol–water partition coefficient (Wildman–Crippen LogP) is 2.68. The third-order valence-corrected chi connectivity index (χ3v) is 2.81. The molecule has 0 aromatic heterocycles. The Morgan fingerprint density at radius 2 is 2.06 bits per heavy atom. The molecule has 1 amide bonds. The summed E-state index contributed by atoms with van der Waals surface area (Å²) in [5.41, 5.74) is 1.33. The Kier molecular flexibility index (Phi) is 3.11. The highest BCUT2D eigenvalue weighted by molar-refractivity contribution is 5.77. The molecule has 1 atom stereocenters. The molecule has 2 rings (SSSR count). The quantitative estimate of drug-likeness (QED) is 0.717. The van der Waals surface area contributed by atoms with Gasteiger partial charge in [0.1, 0.15) is 17.9 Å². The first-order valence-corrected chi connectivity index (χ1v) is 5.95. The van der Waals surface area contributed by atoms with Crippen LogP contribution >= 0.6 is 0 Å². The van der Waals surface area contributed by atoms with Crippen LogP contribution in [0.1, 0.15) is 37.9 Å². The van der Waals surface area contributed by atoms with E-state index in [1.54, 1.807) is 0 Å². The Hall–Kier alpha value is -1.84. The molecule has 0 fully saturated rings. The third-order valence-electron chi connectivity index (χ3n) is 2.81. The number of nitrogens with zero attached hydrogens (tertiary/aromatic N) is 1. The number of fused-ring (bicyclic) bond motifs is 1. The number of carbonyl (C=O) groups excluding carboxylic acids is 2. The van der Waals surface area contributed by atoms with Crippen molar-refractivity contribution in [2.24, 2.45) is 0 Å². The average Bonchev–Trinajstić information content (AvgIpc) is 2.65. The van der Waals surface area contributed by atoms with Gasteiger partial charge in [0.05, 0.1) is 6.54 Å². The molecule has 0 saturated heterocycles. The van der Waals surface area contributed by atoms with E-state index in [1.807, 2.05) is 45.0 Å². The molecule has 1 aliphatic heterocycles. The lowest BCUT2D eigenvalue weighted by Gasteiger charge is -2.26. The fourth-order valence-electron chi connectivity index (χ4n) is 2.06. The normalized spacial score (nSPS) is 18.4. The second kappa shape index (κ2) is 4.44. The molecule has 1 aromatic rings. The van der Waals surface area contributed by atoms with Crippen molar-refractivity contribution in [2.75, 3.05) is 0 Å². The second-order valence-electron chi connectivity index (χ2n) is 5.39. The minimum atomic E-state index is -0.556. The molecule has 0 N–H and O–H groups in total. The lowest BCUT2D eigenvalue weighted by atomic mass is 10.1. The summed E-state index contributed by atoms with van der Waals surface area (Å²) in [6.45, 7) is 5.85. The van der Waals surface area contributed by atoms with Crippen molar-refractivity contribution >= 4 is 12.4 Å². The summed E-state index contributed by atoms with van der Waals surface area (Å²) >= 11 is 0. The fraction of sp³-hybridized carbons (Fsp3) is 0.429. The molecule has 4 nitrogen and oxygen atoms in total. The molecule has 4 heteroatoms. The van der Waals surface area contributed by atoms with E-state index in [0.29, 0.717) is 6.54 Å². The molecule has 0 aliphatic carbocycles. The van der Waals surface area contributed by atoms with Gasteiger partial charge in [-0.05, 0) is 31.9 Å². The van der Waals surface area contributed by atoms with Gasteiger partial charge in [-0.1, -0.05) is 24.3 Å². The van der Waals surface area contributed by atoms with Gasteiger partial charge in [0.2, 0.25) is 0 Å². The summed E-state index contributed by atoms with van der Waals surface area (Å²) < 4.78 is 5.31. The highest BCUT2D eigenvalue weighted by Crippen LogP contribution is 2.33. The molecule has 1 aromatic carbocycles. The number of carbonyl (C=O) groups is 2. The molecular weight excluding hydrogens is 230 g/mol. The van der Waals surface area contributed by atoms with Crippen molar-refractivity contribution in [1.82, 2.24) is 4.90 Å². The SMILES string of the molecule is CC(C)(C)OC(=O)N1Cc2ccccc2C1C=O. The number of benzene rings is 1. The van der Waals surface area contributed by atoms with E-state index in [2.05, 4.69) is 0 Å². The standard InChI is InChI=1S/C14H17NO3/c1-14(2,3)18-13(17)15-8-10-6-4-5-7-11(10)12(15)9-16/h4-7,9,12H,8H2,1-3H3. The van der Waals surface area contributed by atoms with E-state index in [0.717, 1.165) is 17.4 Å². The number of rotatable bonds is 1. The summed E-state index contributed by atoms with van der Waals surface area (Å²) in [5, 5.41) is 0. The largest absolute Gasteiger partial charge is 0.444 e. The molecule has 96 valence electrons. The Bertz CT molecular complexity index is 476. The molecule has 1 aliphatic rings. The van der Waals surface area contributed by atoms with Gasteiger partial charge in [-0.15, -0.1) is 0 Å². The number of aldehydes is 1.